The highest BCUT2D eigenvalue weighted by Gasteiger charge is 2.13. The smallest absolute Gasteiger partial charge is 0.270 e. The Morgan fingerprint density at radius 1 is 1.04 bits per heavy atom. The van der Waals surface area contributed by atoms with E-state index in [-0.39, 0.29) is 29.2 Å². The summed E-state index contributed by atoms with van der Waals surface area (Å²) in [7, 11) is 0. The maximum atomic E-state index is 12.4. The number of nitrogens with one attached hydrogen (secondary N) is 2. The second kappa shape index (κ2) is 8.47. The van der Waals surface area contributed by atoms with E-state index < -0.39 is 0 Å². The fraction of sp³-hybridized carbons (Fsp3) is 0.238. The van der Waals surface area contributed by atoms with Crippen molar-refractivity contribution in [3.8, 4) is 5.69 Å². The van der Waals surface area contributed by atoms with Gasteiger partial charge >= 0.3 is 0 Å². The minimum Gasteiger partial charge on any atom is -0.349 e. The molecule has 2 N–H and O–H groups in total. The van der Waals surface area contributed by atoms with Crippen molar-refractivity contribution in [2.24, 2.45) is 0 Å². The van der Waals surface area contributed by atoms with Gasteiger partial charge < -0.3 is 10.6 Å². The quantitative estimate of drug-likeness (QED) is 0.691. The van der Waals surface area contributed by atoms with Gasteiger partial charge in [0, 0.05) is 24.3 Å². The molecule has 2 aromatic heterocycles. The summed E-state index contributed by atoms with van der Waals surface area (Å²) < 4.78 is 1.76. The van der Waals surface area contributed by atoms with E-state index in [2.05, 4.69) is 20.7 Å². The molecule has 2 amide bonds. The van der Waals surface area contributed by atoms with Gasteiger partial charge in [0.05, 0.1) is 11.9 Å². The first-order valence-corrected chi connectivity index (χ1v) is 9.09. The van der Waals surface area contributed by atoms with Crippen LogP contribution in [0, 0.1) is 6.92 Å². The molecule has 3 aromatic rings. The average Bonchev–Trinajstić information content (AvgIpc) is 3.15. The van der Waals surface area contributed by atoms with Crippen LogP contribution in [0.3, 0.4) is 0 Å². The van der Waals surface area contributed by atoms with Crippen LogP contribution in [-0.4, -0.2) is 32.6 Å². The van der Waals surface area contributed by atoms with Crippen LogP contribution >= 0.6 is 0 Å². The molecule has 28 heavy (non-hydrogen) atoms. The SMILES string of the molecule is Cc1ccc(-n2cc(CNC(=O)c3cccc(C(=O)NC(C)C)n3)cn2)cc1. The number of aryl methyl sites for hydroxylation is 1. The highest BCUT2D eigenvalue weighted by atomic mass is 16.2. The standard InChI is InChI=1S/C21H23N5O2/c1-14(2)24-21(28)19-6-4-5-18(25-19)20(27)22-11-16-12-23-26(13-16)17-9-7-15(3)8-10-17/h4-10,12-14H,11H2,1-3H3,(H,22,27)(H,24,28). The Labute approximate surface area is 163 Å². The molecule has 3 rings (SSSR count). The van der Waals surface area contributed by atoms with E-state index in [1.807, 2.05) is 51.2 Å². The molecule has 0 fully saturated rings. The summed E-state index contributed by atoms with van der Waals surface area (Å²) >= 11 is 0. The molecule has 0 radical (unpaired) electrons. The summed E-state index contributed by atoms with van der Waals surface area (Å²) in [5, 5.41) is 9.90. The van der Waals surface area contributed by atoms with Crippen LogP contribution < -0.4 is 10.6 Å². The second-order valence-electron chi connectivity index (χ2n) is 6.85. The first-order valence-electron chi connectivity index (χ1n) is 9.09. The van der Waals surface area contributed by atoms with Gasteiger partial charge in [0.1, 0.15) is 11.4 Å². The molecule has 0 spiro atoms. The fourth-order valence-corrected chi connectivity index (χ4v) is 2.59. The van der Waals surface area contributed by atoms with E-state index in [0.717, 1.165) is 11.3 Å². The van der Waals surface area contributed by atoms with E-state index in [1.165, 1.54) is 5.56 Å². The zero-order valence-corrected chi connectivity index (χ0v) is 16.1. The van der Waals surface area contributed by atoms with Crippen molar-refractivity contribution in [2.75, 3.05) is 0 Å². The van der Waals surface area contributed by atoms with Crippen molar-refractivity contribution >= 4 is 11.8 Å². The van der Waals surface area contributed by atoms with Crippen molar-refractivity contribution in [3.05, 3.63) is 77.4 Å². The highest BCUT2D eigenvalue weighted by Crippen LogP contribution is 2.10. The van der Waals surface area contributed by atoms with Crippen LogP contribution in [-0.2, 0) is 6.54 Å². The Hall–Kier alpha value is -3.48. The van der Waals surface area contributed by atoms with Gasteiger partial charge in [-0.1, -0.05) is 23.8 Å². The minimum atomic E-state index is -0.345. The van der Waals surface area contributed by atoms with Crippen LogP contribution in [0.15, 0.2) is 54.9 Å². The molecule has 0 aliphatic rings. The third-order valence-electron chi connectivity index (χ3n) is 4.02. The van der Waals surface area contributed by atoms with Crippen LogP contribution in [0.2, 0.25) is 0 Å². The van der Waals surface area contributed by atoms with Gasteiger partial charge in [-0.25, -0.2) is 9.67 Å². The second-order valence-corrected chi connectivity index (χ2v) is 6.85. The van der Waals surface area contributed by atoms with Gasteiger partial charge in [0.15, 0.2) is 0 Å². The number of nitrogens with zero attached hydrogens (tertiary/aromatic N) is 3. The van der Waals surface area contributed by atoms with Gasteiger partial charge in [0.2, 0.25) is 0 Å². The third kappa shape index (κ3) is 4.82. The molecule has 7 heteroatoms. The molecule has 144 valence electrons. The van der Waals surface area contributed by atoms with Crippen LogP contribution in [0.4, 0.5) is 0 Å². The molecule has 1 aromatic carbocycles. The average molecular weight is 377 g/mol. The summed E-state index contributed by atoms with van der Waals surface area (Å²) in [6, 6.07) is 12.8. The molecule has 0 saturated carbocycles. The van der Waals surface area contributed by atoms with E-state index in [4.69, 9.17) is 0 Å². The number of aromatic nitrogens is 3. The molecule has 0 unspecified atom stereocenters. The van der Waals surface area contributed by atoms with Gasteiger partial charge in [-0.15, -0.1) is 0 Å². The summed E-state index contributed by atoms with van der Waals surface area (Å²) in [5.41, 5.74) is 3.41. The van der Waals surface area contributed by atoms with Gasteiger partial charge in [-0.3, -0.25) is 9.59 Å². The molecular formula is C21H23N5O2. The number of rotatable bonds is 6. The van der Waals surface area contributed by atoms with Crippen LogP contribution in [0.5, 0.6) is 0 Å². The number of carbonyl (C=O) groups excluding carboxylic acids is 2. The van der Waals surface area contributed by atoms with Gasteiger partial charge in [-0.2, -0.15) is 5.10 Å². The number of hydrogen-bond acceptors (Lipinski definition) is 4. The van der Waals surface area contributed by atoms with Gasteiger partial charge in [-0.05, 0) is 45.0 Å². The molecular weight excluding hydrogens is 354 g/mol. The zero-order valence-electron chi connectivity index (χ0n) is 16.1. The van der Waals surface area contributed by atoms with Crippen LogP contribution in [0.25, 0.3) is 5.69 Å². The molecule has 0 saturated heterocycles. The molecule has 7 nitrogen and oxygen atoms in total. The molecule has 0 aliphatic heterocycles. The predicted octanol–water partition coefficient (Wildman–Crippen LogP) is 2.64. The summed E-state index contributed by atoms with van der Waals surface area (Å²) in [5.74, 6) is -0.647. The van der Waals surface area contributed by atoms with Crippen molar-refractivity contribution < 1.29 is 9.59 Å². The summed E-state index contributed by atoms with van der Waals surface area (Å²) in [4.78, 5) is 28.6. The van der Waals surface area contributed by atoms with Crippen molar-refractivity contribution in [1.29, 1.82) is 0 Å². The monoisotopic (exact) mass is 377 g/mol. The maximum absolute atomic E-state index is 12.4. The van der Waals surface area contributed by atoms with Crippen molar-refractivity contribution in [1.82, 2.24) is 25.4 Å². The predicted molar refractivity (Wildman–Crippen MR) is 106 cm³/mol. The first kappa shape index (κ1) is 19.3. The Bertz CT molecular complexity index is 976. The largest absolute Gasteiger partial charge is 0.349 e. The Kier molecular flexibility index (Phi) is 5.84. The fourth-order valence-electron chi connectivity index (χ4n) is 2.59. The Morgan fingerprint density at radius 2 is 1.71 bits per heavy atom. The number of benzene rings is 1. The Morgan fingerprint density at radius 3 is 2.39 bits per heavy atom. The highest BCUT2D eigenvalue weighted by molar-refractivity contribution is 5.96. The molecule has 0 aliphatic carbocycles. The topological polar surface area (TPSA) is 88.9 Å². The number of pyridine rings is 1. The zero-order chi connectivity index (χ0) is 20.1. The summed E-state index contributed by atoms with van der Waals surface area (Å²) in [6.45, 7) is 6.08. The van der Waals surface area contributed by atoms with E-state index >= 15 is 0 Å². The van der Waals surface area contributed by atoms with E-state index in [0.29, 0.717) is 6.54 Å². The first-order chi connectivity index (χ1) is 13.4. The lowest BCUT2D eigenvalue weighted by atomic mass is 10.2. The molecule has 0 bridgehead atoms. The number of carbonyl (C=O) groups is 2. The Balaban J connectivity index is 1.63. The summed E-state index contributed by atoms with van der Waals surface area (Å²) in [6.07, 6.45) is 3.57. The number of hydrogen-bond donors (Lipinski definition) is 2. The normalized spacial score (nSPS) is 10.7. The van der Waals surface area contributed by atoms with E-state index in [1.54, 1.807) is 29.1 Å². The van der Waals surface area contributed by atoms with E-state index in [9.17, 15) is 9.59 Å². The lowest BCUT2D eigenvalue weighted by Gasteiger charge is -2.08. The van der Waals surface area contributed by atoms with Crippen molar-refractivity contribution in [2.45, 2.75) is 33.4 Å². The lowest BCUT2D eigenvalue weighted by molar-refractivity contribution is 0.0936. The third-order valence-corrected chi connectivity index (χ3v) is 4.02. The maximum Gasteiger partial charge on any atom is 0.270 e. The van der Waals surface area contributed by atoms with Gasteiger partial charge in [0.25, 0.3) is 11.8 Å². The molecule has 0 atom stereocenters. The van der Waals surface area contributed by atoms with Crippen LogP contribution in [0.1, 0.15) is 46.0 Å². The minimum absolute atomic E-state index is 0.00292. The van der Waals surface area contributed by atoms with Crippen molar-refractivity contribution in [3.63, 3.8) is 0 Å². The lowest BCUT2D eigenvalue weighted by Crippen LogP contribution is -2.31. The molecule has 2 heterocycles. The number of amides is 2.